The predicted octanol–water partition coefficient (Wildman–Crippen LogP) is 5.29. The van der Waals surface area contributed by atoms with Crippen LogP contribution in [0.15, 0.2) is 29.2 Å². The van der Waals surface area contributed by atoms with E-state index in [1.165, 1.54) is 12.1 Å². The number of unbranched alkanes of at least 4 members (excludes halogenated alkanes) is 1. The van der Waals surface area contributed by atoms with Gasteiger partial charge >= 0.3 is 10.1 Å². The van der Waals surface area contributed by atoms with Gasteiger partial charge in [0.2, 0.25) is 17.4 Å². The number of ether oxygens (including phenoxy) is 1. The van der Waals surface area contributed by atoms with Crippen LogP contribution in [0, 0.1) is 23.3 Å². The number of hydrogen-bond acceptors (Lipinski definition) is 4. The summed E-state index contributed by atoms with van der Waals surface area (Å²) in [5.41, 5.74) is 6.57. The third kappa shape index (κ3) is 5.11. The van der Waals surface area contributed by atoms with Crippen molar-refractivity contribution in [2.24, 2.45) is 5.73 Å². The Kier molecular flexibility index (Phi) is 7.16. The molecule has 0 saturated heterocycles. The monoisotopic (exact) mass is 449 g/mol. The van der Waals surface area contributed by atoms with Crippen molar-refractivity contribution in [2.75, 3.05) is 0 Å². The Morgan fingerprint density at radius 1 is 1.03 bits per heavy atom. The Labute approximate surface area is 172 Å². The van der Waals surface area contributed by atoms with Gasteiger partial charge in [-0.2, -0.15) is 17.2 Å². The summed E-state index contributed by atoms with van der Waals surface area (Å²) in [6.07, 6.45) is 2.73. The molecule has 30 heavy (non-hydrogen) atoms. The first-order valence-corrected chi connectivity index (χ1v) is 10.6. The third-order valence-electron chi connectivity index (χ3n) is 4.69. The van der Waals surface area contributed by atoms with Gasteiger partial charge in [-0.3, -0.25) is 4.55 Å². The van der Waals surface area contributed by atoms with Crippen molar-refractivity contribution in [2.45, 2.75) is 56.4 Å². The van der Waals surface area contributed by atoms with E-state index >= 15 is 0 Å². The predicted molar refractivity (Wildman–Crippen MR) is 103 cm³/mol. The molecule has 0 heterocycles. The van der Waals surface area contributed by atoms with Gasteiger partial charge in [-0.25, -0.2) is 8.78 Å². The van der Waals surface area contributed by atoms with Gasteiger partial charge in [-0.15, -0.1) is 0 Å². The third-order valence-corrected chi connectivity index (χ3v) is 5.56. The Morgan fingerprint density at radius 2 is 1.53 bits per heavy atom. The van der Waals surface area contributed by atoms with Crippen molar-refractivity contribution >= 4 is 10.1 Å². The summed E-state index contributed by atoms with van der Waals surface area (Å²) in [5, 5.41) is 0. The highest BCUT2D eigenvalue weighted by molar-refractivity contribution is 7.85. The molecule has 0 aliphatic carbocycles. The van der Waals surface area contributed by atoms with Crippen molar-refractivity contribution in [1.82, 2.24) is 0 Å². The first kappa shape index (κ1) is 24.1. The maximum atomic E-state index is 14.1. The van der Waals surface area contributed by atoms with E-state index in [2.05, 4.69) is 0 Å². The summed E-state index contributed by atoms with van der Waals surface area (Å²) in [7, 11) is -5.53. The molecule has 0 aromatic heterocycles. The van der Waals surface area contributed by atoms with E-state index in [1.807, 2.05) is 20.8 Å². The zero-order chi connectivity index (χ0) is 22.9. The summed E-state index contributed by atoms with van der Waals surface area (Å²) < 4.78 is 91.8. The van der Waals surface area contributed by atoms with Crippen molar-refractivity contribution in [3.05, 3.63) is 53.1 Å². The van der Waals surface area contributed by atoms with Crippen LogP contribution in [0.2, 0.25) is 0 Å². The van der Waals surface area contributed by atoms with Crippen LogP contribution in [-0.2, 0) is 10.1 Å². The molecular formula is C20H23F4NO4S. The van der Waals surface area contributed by atoms with E-state index in [-0.39, 0.29) is 11.7 Å². The minimum Gasteiger partial charge on any atom is -0.451 e. The van der Waals surface area contributed by atoms with Crippen LogP contribution in [0.1, 0.15) is 51.5 Å². The lowest BCUT2D eigenvalue weighted by Gasteiger charge is -2.31. The molecule has 1 unspecified atom stereocenters. The van der Waals surface area contributed by atoms with Crippen molar-refractivity contribution in [3.8, 4) is 11.5 Å². The standard InChI is InChI=1S/C20H23F4NO4S/c1-4-5-6-13(20(2,3)25)11-7-9-12(10-8-11)29-18-14(21)16(23)19(30(26,27)28)17(24)15(18)22/h7-10,13H,4-6,25H2,1-3H3,(H,26,27,28). The first-order valence-electron chi connectivity index (χ1n) is 9.19. The Bertz CT molecular complexity index is 990. The van der Waals surface area contributed by atoms with Crippen LogP contribution in [0.3, 0.4) is 0 Å². The van der Waals surface area contributed by atoms with E-state index in [4.69, 9.17) is 15.0 Å². The zero-order valence-electron chi connectivity index (χ0n) is 16.7. The van der Waals surface area contributed by atoms with Crippen LogP contribution in [0.4, 0.5) is 17.6 Å². The summed E-state index contributed by atoms with van der Waals surface area (Å²) in [4.78, 5) is -2.12. The van der Waals surface area contributed by atoms with Gasteiger partial charge in [-0.1, -0.05) is 31.9 Å². The molecule has 0 radical (unpaired) electrons. The quantitative estimate of drug-likeness (QED) is 0.325. The largest absolute Gasteiger partial charge is 0.451 e. The second-order valence-corrected chi connectivity index (χ2v) is 8.93. The molecule has 0 bridgehead atoms. The molecule has 0 aliphatic rings. The summed E-state index contributed by atoms with van der Waals surface area (Å²) >= 11 is 0. The van der Waals surface area contributed by atoms with Gasteiger partial charge in [0.1, 0.15) is 5.75 Å². The fraction of sp³-hybridized carbons (Fsp3) is 0.400. The topological polar surface area (TPSA) is 89.6 Å². The SMILES string of the molecule is CCCCC(c1ccc(Oc2c(F)c(F)c(S(=O)(=O)O)c(F)c2F)cc1)C(C)(C)N. The van der Waals surface area contributed by atoms with Gasteiger partial charge in [0.15, 0.2) is 16.5 Å². The smallest absolute Gasteiger partial charge is 0.300 e. The minimum absolute atomic E-state index is 0.0103. The average molecular weight is 449 g/mol. The van der Waals surface area contributed by atoms with Crippen LogP contribution in [0.5, 0.6) is 11.5 Å². The molecule has 3 N–H and O–H groups in total. The molecule has 166 valence electrons. The average Bonchev–Trinajstić information content (AvgIpc) is 2.63. The van der Waals surface area contributed by atoms with Gasteiger partial charge < -0.3 is 10.5 Å². The van der Waals surface area contributed by atoms with Crippen LogP contribution < -0.4 is 10.5 Å². The van der Waals surface area contributed by atoms with Crippen molar-refractivity contribution in [3.63, 3.8) is 0 Å². The molecule has 2 rings (SSSR count). The highest BCUT2D eigenvalue weighted by Gasteiger charge is 2.33. The number of nitrogens with two attached hydrogens (primary N) is 1. The summed E-state index contributed by atoms with van der Waals surface area (Å²) in [6.45, 7) is 5.81. The molecule has 0 fully saturated rings. The lowest BCUT2D eigenvalue weighted by Crippen LogP contribution is -2.39. The van der Waals surface area contributed by atoms with Gasteiger partial charge in [0.05, 0.1) is 0 Å². The van der Waals surface area contributed by atoms with Crippen molar-refractivity contribution in [1.29, 1.82) is 0 Å². The van der Waals surface area contributed by atoms with Gasteiger partial charge in [0.25, 0.3) is 0 Å². The number of hydrogen-bond donors (Lipinski definition) is 2. The molecule has 0 spiro atoms. The fourth-order valence-corrected chi connectivity index (χ4v) is 3.80. The number of rotatable bonds is 8. The van der Waals surface area contributed by atoms with Crippen LogP contribution in [0.25, 0.3) is 0 Å². The molecule has 1 atom stereocenters. The molecule has 2 aromatic carbocycles. The van der Waals surface area contributed by atoms with Crippen molar-refractivity contribution < 1.29 is 35.3 Å². The highest BCUT2D eigenvalue weighted by atomic mass is 32.2. The molecule has 5 nitrogen and oxygen atoms in total. The number of benzene rings is 2. The maximum absolute atomic E-state index is 14.1. The van der Waals surface area contributed by atoms with E-state index in [0.717, 1.165) is 24.8 Å². The molecule has 0 amide bonds. The summed E-state index contributed by atoms with van der Waals surface area (Å²) in [5.74, 6) is -10.4. The normalized spacial score (nSPS) is 13.4. The molecule has 0 saturated carbocycles. The zero-order valence-corrected chi connectivity index (χ0v) is 17.5. The van der Waals surface area contributed by atoms with Gasteiger partial charge in [0, 0.05) is 11.5 Å². The van der Waals surface area contributed by atoms with E-state index in [9.17, 15) is 26.0 Å². The molecular weight excluding hydrogens is 426 g/mol. The van der Waals surface area contributed by atoms with E-state index in [1.54, 1.807) is 12.1 Å². The van der Waals surface area contributed by atoms with Gasteiger partial charge in [-0.05, 0) is 38.0 Å². The highest BCUT2D eigenvalue weighted by Crippen LogP contribution is 2.36. The fourth-order valence-electron chi connectivity index (χ4n) is 3.17. The summed E-state index contributed by atoms with van der Waals surface area (Å²) in [6, 6.07) is 5.95. The lowest BCUT2D eigenvalue weighted by atomic mass is 9.79. The van der Waals surface area contributed by atoms with Crippen LogP contribution in [-0.4, -0.2) is 18.5 Å². The first-order chi connectivity index (χ1) is 13.8. The Morgan fingerprint density at radius 3 is 1.93 bits per heavy atom. The Hall–Kier alpha value is -2.17. The molecule has 2 aromatic rings. The molecule has 10 heteroatoms. The van der Waals surface area contributed by atoms with Crippen LogP contribution >= 0.6 is 0 Å². The second kappa shape index (κ2) is 8.91. The molecule has 0 aliphatic heterocycles. The minimum atomic E-state index is -5.53. The lowest BCUT2D eigenvalue weighted by molar-refractivity contribution is 0.346. The second-order valence-electron chi connectivity index (χ2n) is 7.58. The number of halogens is 4. The maximum Gasteiger partial charge on any atom is 0.300 e. The van der Waals surface area contributed by atoms with E-state index in [0.29, 0.717) is 0 Å². The van der Waals surface area contributed by atoms with E-state index < -0.39 is 49.6 Å². The Balaban J connectivity index is 2.40.